The highest BCUT2D eigenvalue weighted by Gasteiger charge is 2.38. The molecule has 0 spiro atoms. The third-order valence-corrected chi connectivity index (χ3v) is 2.81. The number of carboxylic acids is 1. The molecule has 1 aromatic rings. The maximum Gasteiger partial charge on any atom is 0.325 e. The van der Waals surface area contributed by atoms with Gasteiger partial charge in [0.1, 0.15) is 6.04 Å². The van der Waals surface area contributed by atoms with E-state index in [0.29, 0.717) is 5.01 Å². The average Bonchev–Trinajstić information content (AvgIpc) is 2.59. The Bertz CT molecular complexity index is 520. The number of carboxylic acid groups (broad SMARTS) is 1. The van der Waals surface area contributed by atoms with Crippen LogP contribution in [0.15, 0.2) is 24.3 Å². The second-order valence-electron chi connectivity index (χ2n) is 4.18. The number of hydrogen-bond acceptors (Lipinski definition) is 5. The molecule has 2 amide bonds. The predicted molar refractivity (Wildman–Crippen MR) is 63.2 cm³/mol. The van der Waals surface area contributed by atoms with E-state index in [0.717, 1.165) is 0 Å². The molecule has 0 radical (unpaired) electrons. The Morgan fingerprint density at radius 1 is 1.21 bits per heavy atom. The minimum atomic E-state index is -1.44. The molecule has 1 aliphatic heterocycles. The lowest BCUT2D eigenvalue weighted by atomic mass is 10.1. The van der Waals surface area contributed by atoms with Gasteiger partial charge in [-0.3, -0.25) is 14.4 Å². The number of aliphatic hydroxyl groups is 1. The number of carbonyl (C=O) groups is 3. The lowest BCUT2D eigenvalue weighted by Crippen LogP contribution is -2.55. The lowest BCUT2D eigenvalue weighted by molar-refractivity contribution is -0.143. The van der Waals surface area contributed by atoms with Crippen LogP contribution in [0.1, 0.15) is 27.6 Å². The molecule has 1 heterocycles. The summed E-state index contributed by atoms with van der Waals surface area (Å²) in [5.74, 6) is -2.62. The Morgan fingerprint density at radius 2 is 1.68 bits per heavy atom. The first-order valence-corrected chi connectivity index (χ1v) is 5.58. The first kappa shape index (κ1) is 13.2. The van der Waals surface area contributed by atoms with E-state index in [1.807, 2.05) is 0 Å². The normalized spacial score (nSPS) is 17.3. The molecule has 0 fully saturated rings. The monoisotopic (exact) mass is 264 g/mol. The fourth-order valence-corrected chi connectivity index (χ4v) is 1.82. The molecule has 1 aliphatic rings. The minimum absolute atomic E-state index is 0.203. The third kappa shape index (κ3) is 2.20. The van der Waals surface area contributed by atoms with E-state index in [2.05, 4.69) is 5.43 Å². The number of nitrogens with zero attached hydrogens (tertiary/aromatic N) is 1. The van der Waals surface area contributed by atoms with Gasteiger partial charge in [0.15, 0.2) is 0 Å². The van der Waals surface area contributed by atoms with Gasteiger partial charge < -0.3 is 10.2 Å². The number of aliphatic carboxylic acids is 1. The van der Waals surface area contributed by atoms with Crippen LogP contribution in [0, 0.1) is 0 Å². The number of amides is 2. The number of rotatable bonds is 4. The van der Waals surface area contributed by atoms with Gasteiger partial charge in [-0.05, 0) is 19.1 Å². The first-order chi connectivity index (χ1) is 8.93. The summed E-state index contributed by atoms with van der Waals surface area (Å²) in [5.41, 5.74) is 2.65. The molecule has 0 saturated carbocycles. The molecule has 0 aromatic heterocycles. The Balaban J connectivity index is 2.27. The van der Waals surface area contributed by atoms with Crippen molar-refractivity contribution in [2.45, 2.75) is 19.1 Å². The summed E-state index contributed by atoms with van der Waals surface area (Å²) >= 11 is 0. The van der Waals surface area contributed by atoms with Crippen LogP contribution in [0.5, 0.6) is 0 Å². The molecule has 7 heteroatoms. The highest BCUT2D eigenvalue weighted by atomic mass is 16.4. The number of hydrogen-bond donors (Lipinski definition) is 3. The van der Waals surface area contributed by atoms with Crippen LogP contribution in [0.25, 0.3) is 0 Å². The molecule has 1 aromatic carbocycles. The zero-order valence-electron chi connectivity index (χ0n) is 10.0. The van der Waals surface area contributed by atoms with Crippen molar-refractivity contribution in [2.75, 3.05) is 0 Å². The topological polar surface area (TPSA) is 107 Å². The number of carbonyl (C=O) groups excluding carboxylic acids is 2. The van der Waals surface area contributed by atoms with Gasteiger partial charge >= 0.3 is 5.97 Å². The number of benzene rings is 1. The van der Waals surface area contributed by atoms with Gasteiger partial charge in [0.25, 0.3) is 11.8 Å². The Kier molecular flexibility index (Phi) is 3.32. The summed E-state index contributed by atoms with van der Waals surface area (Å²) in [6.45, 7) is 1.25. The van der Waals surface area contributed by atoms with Gasteiger partial charge in [-0.25, -0.2) is 10.4 Å². The molecule has 0 saturated heterocycles. The molecule has 2 rings (SSSR count). The summed E-state index contributed by atoms with van der Waals surface area (Å²) in [5, 5.41) is 18.9. The average molecular weight is 264 g/mol. The molecular weight excluding hydrogens is 252 g/mol. The molecule has 0 aliphatic carbocycles. The molecule has 19 heavy (non-hydrogen) atoms. The summed E-state index contributed by atoms with van der Waals surface area (Å²) in [4.78, 5) is 34.9. The van der Waals surface area contributed by atoms with Crippen LogP contribution in [-0.4, -0.2) is 45.2 Å². The molecule has 3 N–H and O–H groups in total. The van der Waals surface area contributed by atoms with Crippen LogP contribution in [0.3, 0.4) is 0 Å². The summed E-state index contributed by atoms with van der Waals surface area (Å²) in [6, 6.07) is 4.74. The van der Waals surface area contributed by atoms with E-state index < -0.39 is 29.9 Å². The van der Waals surface area contributed by atoms with Gasteiger partial charge in [0.05, 0.1) is 17.2 Å². The van der Waals surface area contributed by atoms with Crippen LogP contribution in [-0.2, 0) is 4.79 Å². The van der Waals surface area contributed by atoms with Gasteiger partial charge in [0, 0.05) is 0 Å². The number of nitrogens with one attached hydrogen (secondary N) is 1. The molecular formula is C12H12N2O5. The van der Waals surface area contributed by atoms with E-state index in [9.17, 15) is 19.5 Å². The van der Waals surface area contributed by atoms with Crippen LogP contribution in [0.4, 0.5) is 0 Å². The van der Waals surface area contributed by atoms with E-state index in [4.69, 9.17) is 5.11 Å². The Labute approximate surface area is 108 Å². The minimum Gasteiger partial charge on any atom is -0.480 e. The van der Waals surface area contributed by atoms with Gasteiger partial charge in [-0.2, -0.15) is 0 Å². The van der Waals surface area contributed by atoms with Crippen molar-refractivity contribution in [3.63, 3.8) is 0 Å². The molecule has 100 valence electrons. The van der Waals surface area contributed by atoms with Crippen molar-refractivity contribution in [2.24, 2.45) is 0 Å². The van der Waals surface area contributed by atoms with Crippen molar-refractivity contribution in [1.29, 1.82) is 0 Å². The fraction of sp³-hybridized carbons (Fsp3) is 0.250. The summed E-state index contributed by atoms with van der Waals surface area (Å²) in [7, 11) is 0. The van der Waals surface area contributed by atoms with Crippen LogP contribution >= 0.6 is 0 Å². The van der Waals surface area contributed by atoms with Crippen molar-refractivity contribution in [1.82, 2.24) is 10.4 Å². The highest BCUT2D eigenvalue weighted by molar-refractivity contribution is 6.21. The Morgan fingerprint density at radius 3 is 2.05 bits per heavy atom. The number of fused-ring (bicyclic) bond motifs is 1. The highest BCUT2D eigenvalue weighted by Crippen LogP contribution is 2.21. The number of hydrazine groups is 1. The number of imide groups is 1. The second-order valence-corrected chi connectivity index (χ2v) is 4.18. The zero-order valence-corrected chi connectivity index (χ0v) is 10.0. The van der Waals surface area contributed by atoms with Crippen molar-refractivity contribution in [3.8, 4) is 0 Å². The zero-order chi connectivity index (χ0) is 14.2. The van der Waals surface area contributed by atoms with Crippen LogP contribution < -0.4 is 5.43 Å². The summed E-state index contributed by atoms with van der Waals surface area (Å²) in [6.07, 6.45) is -1.26. The summed E-state index contributed by atoms with van der Waals surface area (Å²) < 4.78 is 0. The van der Waals surface area contributed by atoms with Gasteiger partial charge in [-0.1, -0.05) is 12.1 Å². The van der Waals surface area contributed by atoms with Gasteiger partial charge in [0.2, 0.25) is 0 Å². The molecule has 7 nitrogen and oxygen atoms in total. The largest absolute Gasteiger partial charge is 0.480 e. The van der Waals surface area contributed by atoms with E-state index >= 15 is 0 Å². The Hall–Kier alpha value is -2.25. The van der Waals surface area contributed by atoms with E-state index in [1.165, 1.54) is 19.1 Å². The number of aliphatic hydroxyl groups excluding tert-OH is 1. The van der Waals surface area contributed by atoms with E-state index in [1.54, 1.807) is 12.1 Å². The molecule has 0 bridgehead atoms. The predicted octanol–water partition coefficient (Wildman–Crippen LogP) is -0.379. The maximum absolute atomic E-state index is 12.0. The lowest BCUT2D eigenvalue weighted by Gasteiger charge is -2.22. The van der Waals surface area contributed by atoms with Crippen molar-refractivity contribution < 1.29 is 24.6 Å². The first-order valence-electron chi connectivity index (χ1n) is 5.58. The van der Waals surface area contributed by atoms with Crippen molar-refractivity contribution in [3.05, 3.63) is 35.4 Å². The second kappa shape index (κ2) is 4.79. The quantitative estimate of drug-likeness (QED) is 0.640. The maximum atomic E-state index is 12.0. The molecule has 0 unspecified atom stereocenters. The van der Waals surface area contributed by atoms with Crippen LogP contribution in [0.2, 0.25) is 0 Å². The SMILES string of the molecule is C[C@@H](O)[C@H](NN1C(=O)c2ccccc2C1=O)C(=O)O. The third-order valence-electron chi connectivity index (χ3n) is 2.81. The van der Waals surface area contributed by atoms with Gasteiger partial charge in [-0.15, -0.1) is 0 Å². The standard InChI is InChI=1S/C12H12N2O5/c1-6(15)9(12(18)19)13-14-10(16)7-4-2-3-5-8(7)11(14)17/h2-6,9,13,15H,1H3,(H,18,19)/t6-,9+/m1/s1. The fourth-order valence-electron chi connectivity index (χ4n) is 1.82. The van der Waals surface area contributed by atoms with Crippen molar-refractivity contribution >= 4 is 17.8 Å². The van der Waals surface area contributed by atoms with E-state index in [-0.39, 0.29) is 11.1 Å². The smallest absolute Gasteiger partial charge is 0.325 e. The molecule has 2 atom stereocenters.